The van der Waals surface area contributed by atoms with Gasteiger partial charge in [-0.3, -0.25) is 0 Å². The Bertz CT molecular complexity index is 248. The molecule has 2 N–H and O–H groups in total. The topological polar surface area (TPSA) is 38.9 Å². The van der Waals surface area contributed by atoms with E-state index in [-0.39, 0.29) is 0 Å². The fraction of sp³-hybridized carbons (Fsp3) is 0.375. The van der Waals surface area contributed by atoms with Crippen LogP contribution in [0.3, 0.4) is 0 Å². The number of pyridine rings is 1. The summed E-state index contributed by atoms with van der Waals surface area (Å²) in [6.07, 6.45) is 4.02. The van der Waals surface area contributed by atoms with Crippen LogP contribution in [0.2, 0.25) is 0 Å². The molecule has 11 heavy (non-hydrogen) atoms. The van der Waals surface area contributed by atoms with Crippen molar-refractivity contribution in [2.45, 2.75) is 19.8 Å². The third kappa shape index (κ3) is 2.19. The maximum atomic E-state index is 5.53. The second kappa shape index (κ2) is 3.72. The molecule has 0 saturated heterocycles. The Morgan fingerprint density at radius 3 is 2.91 bits per heavy atom. The zero-order chi connectivity index (χ0) is 8.27. The fourth-order valence-corrected chi connectivity index (χ4v) is 1.31. The maximum absolute atomic E-state index is 5.53. The summed E-state index contributed by atoms with van der Waals surface area (Å²) in [5.74, 6) is 0.560. The zero-order valence-corrected chi connectivity index (χ0v) is 8.06. The lowest BCUT2D eigenvalue weighted by atomic mass is 10.2. The number of halogens is 1. The fourth-order valence-electron chi connectivity index (χ4n) is 0.913. The van der Waals surface area contributed by atoms with E-state index in [1.54, 1.807) is 0 Å². The van der Waals surface area contributed by atoms with Crippen molar-refractivity contribution in [3.63, 3.8) is 0 Å². The molecule has 0 radical (unpaired) electrons. The molecule has 0 saturated carbocycles. The van der Waals surface area contributed by atoms with Crippen LogP contribution in [0.15, 0.2) is 16.7 Å². The first kappa shape index (κ1) is 8.53. The van der Waals surface area contributed by atoms with Gasteiger partial charge in [-0.1, -0.05) is 13.3 Å². The van der Waals surface area contributed by atoms with Gasteiger partial charge in [-0.15, -0.1) is 0 Å². The van der Waals surface area contributed by atoms with Gasteiger partial charge in [0.2, 0.25) is 0 Å². The smallest absolute Gasteiger partial charge is 0.137 e. The standard InChI is InChI=1S/C8H11BrN2/c1-2-3-6-4-7(9)8(10)11-5-6/h4-5H,2-3H2,1H3,(H2,10,11). The average molecular weight is 215 g/mol. The van der Waals surface area contributed by atoms with Gasteiger partial charge in [0, 0.05) is 6.20 Å². The van der Waals surface area contributed by atoms with E-state index in [0.29, 0.717) is 5.82 Å². The SMILES string of the molecule is CCCc1cnc(N)c(Br)c1. The molecule has 0 aliphatic carbocycles. The van der Waals surface area contributed by atoms with Gasteiger partial charge in [-0.25, -0.2) is 4.98 Å². The summed E-state index contributed by atoms with van der Waals surface area (Å²) in [6, 6.07) is 2.02. The Hall–Kier alpha value is -0.570. The second-order valence-electron chi connectivity index (χ2n) is 2.46. The molecule has 60 valence electrons. The molecule has 2 nitrogen and oxygen atoms in total. The van der Waals surface area contributed by atoms with Crippen molar-refractivity contribution in [3.05, 3.63) is 22.3 Å². The highest BCUT2D eigenvalue weighted by molar-refractivity contribution is 9.10. The molecule has 0 fully saturated rings. The lowest BCUT2D eigenvalue weighted by Gasteiger charge is -2.00. The Kier molecular flexibility index (Phi) is 2.88. The highest BCUT2D eigenvalue weighted by Crippen LogP contribution is 2.18. The van der Waals surface area contributed by atoms with Crippen LogP contribution in [-0.2, 0) is 6.42 Å². The molecule has 0 aliphatic heterocycles. The van der Waals surface area contributed by atoms with Crippen molar-refractivity contribution < 1.29 is 0 Å². The van der Waals surface area contributed by atoms with Crippen LogP contribution in [0.1, 0.15) is 18.9 Å². The zero-order valence-electron chi connectivity index (χ0n) is 6.47. The number of nitrogens with zero attached hydrogens (tertiary/aromatic N) is 1. The number of aryl methyl sites for hydroxylation is 1. The Labute approximate surface area is 75.0 Å². The van der Waals surface area contributed by atoms with Crippen molar-refractivity contribution in [1.29, 1.82) is 0 Å². The number of hydrogen-bond donors (Lipinski definition) is 1. The number of aromatic nitrogens is 1. The van der Waals surface area contributed by atoms with Gasteiger partial charge in [0.05, 0.1) is 4.47 Å². The first-order valence-corrected chi connectivity index (χ1v) is 4.43. The highest BCUT2D eigenvalue weighted by Gasteiger charge is 1.97. The molecular formula is C8H11BrN2. The third-order valence-corrected chi connectivity index (χ3v) is 2.10. The molecule has 3 heteroatoms. The van der Waals surface area contributed by atoms with Gasteiger partial charge in [0.1, 0.15) is 5.82 Å². The van der Waals surface area contributed by atoms with Crippen molar-refractivity contribution in [1.82, 2.24) is 4.98 Å². The number of hydrogen-bond acceptors (Lipinski definition) is 2. The summed E-state index contributed by atoms with van der Waals surface area (Å²) in [5, 5.41) is 0. The van der Waals surface area contributed by atoms with E-state index >= 15 is 0 Å². The van der Waals surface area contributed by atoms with Gasteiger partial charge in [0.25, 0.3) is 0 Å². The largest absolute Gasteiger partial charge is 0.383 e. The summed E-state index contributed by atoms with van der Waals surface area (Å²) in [4.78, 5) is 4.03. The van der Waals surface area contributed by atoms with Crippen LogP contribution >= 0.6 is 15.9 Å². The first-order chi connectivity index (χ1) is 5.24. The Morgan fingerprint density at radius 1 is 1.64 bits per heavy atom. The Balaban J connectivity index is 2.86. The van der Waals surface area contributed by atoms with Crippen molar-refractivity contribution in [2.75, 3.05) is 5.73 Å². The molecule has 0 aromatic carbocycles. The van der Waals surface area contributed by atoms with Crippen LogP contribution in [-0.4, -0.2) is 4.98 Å². The number of rotatable bonds is 2. The Morgan fingerprint density at radius 2 is 2.36 bits per heavy atom. The predicted molar refractivity (Wildman–Crippen MR) is 50.3 cm³/mol. The molecule has 1 heterocycles. The molecule has 0 unspecified atom stereocenters. The van der Waals surface area contributed by atoms with E-state index in [4.69, 9.17) is 5.73 Å². The van der Waals surface area contributed by atoms with Gasteiger partial charge in [-0.2, -0.15) is 0 Å². The summed E-state index contributed by atoms with van der Waals surface area (Å²) in [5.41, 5.74) is 6.76. The van der Waals surface area contributed by atoms with Crippen LogP contribution in [0, 0.1) is 0 Å². The monoisotopic (exact) mass is 214 g/mol. The normalized spacial score (nSPS) is 10.0. The number of anilines is 1. The number of nitrogens with two attached hydrogens (primary N) is 1. The van der Waals surface area contributed by atoms with Gasteiger partial charge >= 0.3 is 0 Å². The summed E-state index contributed by atoms with van der Waals surface area (Å²) in [7, 11) is 0. The molecule has 0 spiro atoms. The predicted octanol–water partition coefficient (Wildman–Crippen LogP) is 2.38. The summed E-state index contributed by atoms with van der Waals surface area (Å²) < 4.78 is 0.892. The third-order valence-electron chi connectivity index (χ3n) is 1.46. The van der Waals surface area contributed by atoms with Gasteiger partial charge in [0.15, 0.2) is 0 Å². The van der Waals surface area contributed by atoms with E-state index in [1.807, 2.05) is 12.3 Å². The lowest BCUT2D eigenvalue weighted by Crippen LogP contribution is -1.93. The summed E-state index contributed by atoms with van der Waals surface area (Å²) >= 11 is 3.33. The molecule has 0 amide bonds. The lowest BCUT2D eigenvalue weighted by molar-refractivity contribution is 0.913. The van der Waals surface area contributed by atoms with Crippen LogP contribution < -0.4 is 5.73 Å². The minimum absolute atomic E-state index is 0.560. The van der Waals surface area contributed by atoms with Crippen LogP contribution in [0.25, 0.3) is 0 Å². The van der Waals surface area contributed by atoms with E-state index < -0.39 is 0 Å². The molecule has 1 aromatic rings. The van der Waals surface area contributed by atoms with E-state index in [1.165, 1.54) is 5.56 Å². The minimum atomic E-state index is 0.560. The molecule has 1 aromatic heterocycles. The maximum Gasteiger partial charge on any atom is 0.137 e. The quantitative estimate of drug-likeness (QED) is 0.822. The summed E-state index contributed by atoms with van der Waals surface area (Å²) in [6.45, 7) is 2.14. The van der Waals surface area contributed by atoms with E-state index in [2.05, 4.69) is 27.8 Å². The van der Waals surface area contributed by atoms with E-state index in [9.17, 15) is 0 Å². The average Bonchev–Trinajstić information content (AvgIpc) is 1.98. The molecular weight excluding hydrogens is 204 g/mol. The van der Waals surface area contributed by atoms with Crippen LogP contribution in [0.5, 0.6) is 0 Å². The van der Waals surface area contributed by atoms with Gasteiger partial charge < -0.3 is 5.73 Å². The molecule has 0 aliphatic rings. The van der Waals surface area contributed by atoms with Crippen molar-refractivity contribution >= 4 is 21.7 Å². The first-order valence-electron chi connectivity index (χ1n) is 3.64. The minimum Gasteiger partial charge on any atom is -0.383 e. The van der Waals surface area contributed by atoms with E-state index in [0.717, 1.165) is 17.3 Å². The highest BCUT2D eigenvalue weighted by atomic mass is 79.9. The van der Waals surface area contributed by atoms with Gasteiger partial charge in [-0.05, 0) is 34.0 Å². The molecule has 1 rings (SSSR count). The second-order valence-corrected chi connectivity index (χ2v) is 3.31. The molecule has 0 bridgehead atoms. The van der Waals surface area contributed by atoms with Crippen molar-refractivity contribution in [2.24, 2.45) is 0 Å². The number of nitrogen functional groups attached to an aromatic ring is 1. The van der Waals surface area contributed by atoms with Crippen LogP contribution in [0.4, 0.5) is 5.82 Å². The molecule has 0 atom stereocenters. The van der Waals surface area contributed by atoms with Crippen molar-refractivity contribution in [3.8, 4) is 0 Å².